The van der Waals surface area contributed by atoms with Crippen LogP contribution in [0, 0.1) is 11.3 Å². The average Bonchev–Trinajstić information content (AvgIpc) is 3.78. The van der Waals surface area contributed by atoms with Crippen molar-refractivity contribution in [2.75, 3.05) is 65.5 Å². The third-order valence-electron chi connectivity index (χ3n) is 9.34. The van der Waals surface area contributed by atoms with E-state index in [2.05, 4.69) is 19.9 Å². The number of carbonyl (C=O) groups is 2. The fraction of sp³-hybridized carbons (Fsp3) is 0.594. The van der Waals surface area contributed by atoms with Crippen LogP contribution in [0.5, 0.6) is 5.75 Å². The number of halogens is 2. The fourth-order valence-electron chi connectivity index (χ4n) is 5.86. The lowest BCUT2D eigenvalue weighted by Gasteiger charge is -2.35. The molecule has 1 saturated carbocycles. The van der Waals surface area contributed by atoms with Crippen LogP contribution < -0.4 is 24.6 Å². The second kappa shape index (κ2) is 13.6. The van der Waals surface area contributed by atoms with E-state index in [1.54, 1.807) is 36.1 Å². The van der Waals surface area contributed by atoms with Crippen molar-refractivity contribution < 1.29 is 36.3 Å². The van der Waals surface area contributed by atoms with Crippen LogP contribution in [0.15, 0.2) is 30.3 Å². The lowest BCUT2D eigenvalue weighted by atomic mass is 9.93. The van der Waals surface area contributed by atoms with Gasteiger partial charge in [-0.3, -0.25) is 14.3 Å². The lowest BCUT2D eigenvalue weighted by molar-refractivity contribution is -0.147. The second-order valence-electron chi connectivity index (χ2n) is 12.6. The van der Waals surface area contributed by atoms with Gasteiger partial charge < -0.3 is 24.6 Å². The third-order valence-corrected chi connectivity index (χ3v) is 10.6. The summed E-state index contributed by atoms with van der Waals surface area (Å²) in [7, 11) is -2.37. The molecule has 1 aromatic carbocycles. The normalized spacial score (nSPS) is 19.3. The number of methoxy groups -OCH3 is 1. The highest BCUT2D eigenvalue weighted by Crippen LogP contribution is 2.54. The monoisotopic (exact) mass is 663 g/mol. The van der Waals surface area contributed by atoms with Crippen molar-refractivity contribution in [1.82, 2.24) is 4.98 Å². The number of hydrogen-bond donors (Lipinski definition) is 2. The van der Waals surface area contributed by atoms with E-state index >= 15 is 0 Å². The minimum Gasteiger partial charge on any atom is -0.493 e. The van der Waals surface area contributed by atoms with Crippen LogP contribution in [-0.2, 0) is 19.6 Å². The number of ether oxygens (including phenoxy) is 2. The number of benzene rings is 1. The molecule has 0 radical (unpaired) electrons. The Labute approximate surface area is 269 Å². The van der Waals surface area contributed by atoms with E-state index < -0.39 is 33.6 Å². The van der Waals surface area contributed by atoms with Gasteiger partial charge in [-0.25, -0.2) is 22.2 Å². The van der Waals surface area contributed by atoms with Gasteiger partial charge in [0.15, 0.2) is 11.6 Å². The number of pyridine rings is 1. The average molecular weight is 664 g/mol. The number of amides is 1. The fourth-order valence-corrected chi connectivity index (χ4v) is 6.75. The zero-order valence-corrected chi connectivity index (χ0v) is 27.4. The van der Waals surface area contributed by atoms with Crippen molar-refractivity contribution in [3.8, 4) is 5.75 Å². The topological polar surface area (TPSA) is 130 Å². The van der Waals surface area contributed by atoms with E-state index in [1.807, 2.05) is 6.92 Å². The van der Waals surface area contributed by atoms with Crippen LogP contribution in [0.2, 0.25) is 0 Å². The molecule has 46 heavy (non-hydrogen) atoms. The predicted molar refractivity (Wildman–Crippen MR) is 173 cm³/mol. The molecule has 14 heteroatoms. The molecule has 0 unspecified atom stereocenters. The summed E-state index contributed by atoms with van der Waals surface area (Å²) in [6.45, 7) is 4.97. The third kappa shape index (κ3) is 8.18. The van der Waals surface area contributed by atoms with E-state index in [4.69, 9.17) is 9.47 Å². The van der Waals surface area contributed by atoms with E-state index in [-0.39, 0.29) is 44.3 Å². The van der Waals surface area contributed by atoms with E-state index in [0.29, 0.717) is 40.3 Å². The molecule has 1 aromatic heterocycles. The number of aromatic nitrogens is 1. The van der Waals surface area contributed by atoms with Crippen molar-refractivity contribution in [2.24, 2.45) is 11.3 Å². The van der Waals surface area contributed by atoms with Gasteiger partial charge in [-0.1, -0.05) is 13.8 Å². The Bertz CT molecular complexity index is 1530. The molecule has 3 fully saturated rings. The summed E-state index contributed by atoms with van der Waals surface area (Å²) in [6, 6.07) is 7.98. The maximum atomic E-state index is 13.8. The Morgan fingerprint density at radius 3 is 2.30 bits per heavy atom. The highest BCUT2D eigenvalue weighted by molar-refractivity contribution is 7.92. The molecular weight excluding hydrogens is 620 g/mol. The molecule has 2 N–H and O–H groups in total. The summed E-state index contributed by atoms with van der Waals surface area (Å²) in [5.41, 5.74) is 1.60. The van der Waals surface area contributed by atoms with Crippen molar-refractivity contribution in [1.29, 1.82) is 0 Å². The molecular formula is C32H43F2N5O6S. The van der Waals surface area contributed by atoms with Crippen molar-refractivity contribution in [3.63, 3.8) is 0 Å². The number of hydrogen-bond acceptors (Lipinski definition) is 9. The Kier molecular flexibility index (Phi) is 9.95. The number of piperidine rings is 2. The Morgan fingerprint density at radius 2 is 1.67 bits per heavy atom. The molecule has 3 aliphatic rings. The predicted octanol–water partition coefficient (Wildman–Crippen LogP) is 5.29. The summed E-state index contributed by atoms with van der Waals surface area (Å²) in [4.78, 5) is 34.1. The Morgan fingerprint density at radius 1 is 1.00 bits per heavy atom. The van der Waals surface area contributed by atoms with Gasteiger partial charge in [-0.2, -0.15) is 0 Å². The molecule has 1 atom stereocenters. The van der Waals surface area contributed by atoms with Gasteiger partial charge in [0.25, 0.3) is 11.8 Å². The van der Waals surface area contributed by atoms with Crippen LogP contribution in [0.1, 0.15) is 69.2 Å². The van der Waals surface area contributed by atoms with Gasteiger partial charge in [-0.05, 0) is 67.9 Å². The van der Waals surface area contributed by atoms with Crippen molar-refractivity contribution >= 4 is 44.9 Å². The Balaban J connectivity index is 1.34. The number of anilines is 4. The lowest BCUT2D eigenvalue weighted by Crippen LogP contribution is -2.40. The van der Waals surface area contributed by atoms with Crippen LogP contribution in [0.4, 0.5) is 31.8 Å². The number of esters is 1. The minimum absolute atomic E-state index is 0.103. The van der Waals surface area contributed by atoms with E-state index in [9.17, 15) is 26.8 Å². The van der Waals surface area contributed by atoms with Crippen LogP contribution in [0.3, 0.4) is 0 Å². The zero-order chi connectivity index (χ0) is 33.1. The summed E-state index contributed by atoms with van der Waals surface area (Å²) >= 11 is 0. The maximum absolute atomic E-state index is 13.8. The second-order valence-corrected chi connectivity index (χ2v) is 14.5. The Hall–Kier alpha value is -3.68. The first-order valence-electron chi connectivity index (χ1n) is 15.9. The first kappa shape index (κ1) is 33.7. The molecule has 2 aliphatic heterocycles. The number of rotatable bonds is 12. The molecule has 252 valence electrons. The minimum atomic E-state index is -3.85. The first-order valence-corrected chi connectivity index (χ1v) is 17.5. The van der Waals surface area contributed by atoms with Crippen LogP contribution in [0.25, 0.3) is 0 Å². The summed E-state index contributed by atoms with van der Waals surface area (Å²) in [5.74, 6) is -3.30. The molecule has 2 saturated heterocycles. The standard InChI is InChI=1S/C32H43F2N5O6S/c1-4-22(2)30(41)45-19-20-46(42,43)37-23-5-6-24(25(21-23)38-15-11-31(9-10-31)12-16-38)29(40)36-27-8-7-26(44-3)28(35-27)39-17-13-32(33,34)14-18-39/h5-8,21-22,37H,4,9-20H2,1-3H3,(H,35,36,40)/t22-/m0/s1. The van der Waals surface area contributed by atoms with Crippen LogP contribution in [-0.4, -0.2) is 76.8 Å². The quantitative estimate of drug-likeness (QED) is 0.291. The number of nitrogens with one attached hydrogen (secondary N) is 2. The molecule has 0 bridgehead atoms. The highest BCUT2D eigenvalue weighted by atomic mass is 32.2. The maximum Gasteiger partial charge on any atom is 0.308 e. The number of alkyl halides is 2. The zero-order valence-electron chi connectivity index (χ0n) is 26.6. The number of sulfonamides is 1. The molecule has 1 aliphatic carbocycles. The van der Waals surface area contributed by atoms with E-state index in [0.717, 1.165) is 25.9 Å². The molecule has 3 heterocycles. The van der Waals surface area contributed by atoms with Gasteiger partial charge in [0.1, 0.15) is 18.2 Å². The first-order chi connectivity index (χ1) is 21.8. The molecule has 11 nitrogen and oxygen atoms in total. The van der Waals surface area contributed by atoms with Crippen molar-refractivity contribution in [3.05, 3.63) is 35.9 Å². The molecule has 5 rings (SSSR count). The van der Waals surface area contributed by atoms with E-state index in [1.165, 1.54) is 26.0 Å². The van der Waals surface area contributed by atoms with Gasteiger partial charge in [0, 0.05) is 39.0 Å². The molecule has 1 amide bonds. The molecule has 1 spiro atoms. The van der Waals surface area contributed by atoms with Crippen molar-refractivity contribution in [2.45, 2.75) is 64.7 Å². The molecule has 2 aromatic rings. The van der Waals surface area contributed by atoms with Gasteiger partial charge >= 0.3 is 5.97 Å². The summed E-state index contributed by atoms with van der Waals surface area (Å²) in [6.07, 6.45) is 4.39. The largest absolute Gasteiger partial charge is 0.493 e. The number of nitrogens with zero attached hydrogens (tertiary/aromatic N) is 3. The van der Waals surface area contributed by atoms with Crippen LogP contribution >= 0.6 is 0 Å². The van der Waals surface area contributed by atoms with Gasteiger partial charge in [-0.15, -0.1) is 0 Å². The highest BCUT2D eigenvalue weighted by Gasteiger charge is 2.44. The smallest absolute Gasteiger partial charge is 0.308 e. The number of carbonyl (C=O) groups excluding carboxylic acids is 2. The summed E-state index contributed by atoms with van der Waals surface area (Å²) in [5, 5.41) is 2.84. The van der Waals surface area contributed by atoms with Gasteiger partial charge in [0.05, 0.1) is 30.0 Å². The van der Waals surface area contributed by atoms with Gasteiger partial charge in [0.2, 0.25) is 10.0 Å². The SMILES string of the molecule is CC[C@H](C)C(=O)OCCS(=O)(=O)Nc1ccc(C(=O)Nc2ccc(OC)c(N3CCC(F)(F)CC3)n2)c(N2CCC3(CC2)CC3)c1. The summed E-state index contributed by atoms with van der Waals surface area (Å²) < 4.78 is 66.4.